The topological polar surface area (TPSA) is 79.6 Å². The second-order valence-corrected chi connectivity index (χ2v) is 4.83. The van der Waals surface area contributed by atoms with Crippen LogP contribution in [-0.2, 0) is 6.54 Å². The predicted octanol–water partition coefficient (Wildman–Crippen LogP) is 2.62. The van der Waals surface area contributed by atoms with E-state index in [1.54, 1.807) is 12.1 Å². The minimum absolute atomic E-state index is 0.0902. The molecule has 0 spiro atoms. The Morgan fingerprint density at radius 1 is 1.33 bits per heavy atom. The number of rotatable bonds is 7. The van der Waals surface area contributed by atoms with Gasteiger partial charge in [-0.2, -0.15) is 0 Å². The summed E-state index contributed by atoms with van der Waals surface area (Å²) in [4.78, 5) is 14.6. The summed E-state index contributed by atoms with van der Waals surface area (Å²) in [6.07, 6.45) is 1.01. The first-order valence-electron chi connectivity index (χ1n) is 6.92. The molecular formula is C15H22N4O2. The molecule has 0 aliphatic rings. The SMILES string of the molecule is C=C(C)CNC(=NCc1ccc([N+](=O)[O-])cc1)NCCC. The highest BCUT2D eigenvalue weighted by Gasteiger charge is 2.04. The van der Waals surface area contributed by atoms with Gasteiger partial charge in [0.25, 0.3) is 5.69 Å². The molecule has 0 fully saturated rings. The number of guanidine groups is 1. The maximum atomic E-state index is 10.6. The van der Waals surface area contributed by atoms with Crippen molar-refractivity contribution in [3.05, 3.63) is 52.1 Å². The summed E-state index contributed by atoms with van der Waals surface area (Å²) in [6.45, 7) is 9.83. The molecule has 2 N–H and O–H groups in total. The molecule has 1 aromatic rings. The molecule has 0 aromatic heterocycles. The number of nitro benzene ring substituents is 1. The van der Waals surface area contributed by atoms with E-state index in [1.165, 1.54) is 12.1 Å². The Hall–Kier alpha value is -2.37. The number of nitro groups is 1. The molecule has 1 rings (SSSR count). The highest BCUT2D eigenvalue weighted by Crippen LogP contribution is 2.12. The van der Waals surface area contributed by atoms with Crippen LogP contribution in [0.4, 0.5) is 5.69 Å². The first kappa shape index (κ1) is 16.7. The van der Waals surface area contributed by atoms with E-state index < -0.39 is 4.92 Å². The van der Waals surface area contributed by atoms with Crippen molar-refractivity contribution in [3.8, 4) is 0 Å². The molecule has 0 bridgehead atoms. The summed E-state index contributed by atoms with van der Waals surface area (Å²) >= 11 is 0. The average Bonchev–Trinajstić information content (AvgIpc) is 2.46. The smallest absolute Gasteiger partial charge is 0.269 e. The standard InChI is InChI=1S/C15H22N4O2/c1-4-9-16-15(17-10-12(2)3)18-11-13-5-7-14(8-6-13)19(20)21/h5-8H,2,4,9-11H2,1,3H3,(H2,16,17,18). The lowest BCUT2D eigenvalue weighted by molar-refractivity contribution is -0.384. The zero-order valence-electron chi connectivity index (χ0n) is 12.6. The van der Waals surface area contributed by atoms with Crippen LogP contribution in [0.5, 0.6) is 0 Å². The van der Waals surface area contributed by atoms with Gasteiger partial charge in [0.15, 0.2) is 5.96 Å². The summed E-state index contributed by atoms with van der Waals surface area (Å²) in [6, 6.07) is 6.42. The Labute approximate surface area is 125 Å². The first-order valence-corrected chi connectivity index (χ1v) is 6.92. The summed E-state index contributed by atoms with van der Waals surface area (Å²) in [7, 11) is 0. The minimum Gasteiger partial charge on any atom is -0.356 e. The Kier molecular flexibility index (Phi) is 6.94. The lowest BCUT2D eigenvalue weighted by Gasteiger charge is -2.11. The zero-order valence-corrected chi connectivity index (χ0v) is 12.6. The summed E-state index contributed by atoms with van der Waals surface area (Å²) in [5.41, 5.74) is 2.04. The quantitative estimate of drug-likeness (QED) is 0.266. The molecule has 0 aliphatic heterocycles. The van der Waals surface area contributed by atoms with Gasteiger partial charge in [0.05, 0.1) is 11.5 Å². The van der Waals surface area contributed by atoms with Gasteiger partial charge < -0.3 is 10.6 Å². The molecule has 0 aliphatic carbocycles. The molecule has 0 radical (unpaired) electrons. The molecule has 21 heavy (non-hydrogen) atoms. The normalized spacial score (nSPS) is 11.0. The fourth-order valence-electron chi connectivity index (χ4n) is 1.55. The molecule has 1 aromatic carbocycles. The zero-order chi connectivity index (χ0) is 15.7. The van der Waals surface area contributed by atoms with Crippen LogP contribution < -0.4 is 10.6 Å². The van der Waals surface area contributed by atoms with E-state index in [-0.39, 0.29) is 5.69 Å². The number of hydrogen-bond acceptors (Lipinski definition) is 3. The first-order chi connectivity index (χ1) is 10.0. The van der Waals surface area contributed by atoms with Crippen molar-refractivity contribution in [2.24, 2.45) is 4.99 Å². The van der Waals surface area contributed by atoms with E-state index in [0.29, 0.717) is 13.1 Å². The van der Waals surface area contributed by atoms with Crippen LogP contribution in [0.1, 0.15) is 25.8 Å². The monoisotopic (exact) mass is 290 g/mol. The molecule has 6 heteroatoms. The van der Waals surface area contributed by atoms with Gasteiger partial charge in [-0.25, -0.2) is 4.99 Å². The lowest BCUT2D eigenvalue weighted by Crippen LogP contribution is -2.38. The van der Waals surface area contributed by atoms with Crippen LogP contribution in [0.25, 0.3) is 0 Å². The van der Waals surface area contributed by atoms with Gasteiger partial charge in [-0.05, 0) is 18.9 Å². The van der Waals surface area contributed by atoms with Crippen molar-refractivity contribution in [1.82, 2.24) is 10.6 Å². The Morgan fingerprint density at radius 2 is 2.00 bits per heavy atom. The van der Waals surface area contributed by atoms with Gasteiger partial charge >= 0.3 is 0 Å². The van der Waals surface area contributed by atoms with Gasteiger partial charge in [0, 0.05) is 25.2 Å². The van der Waals surface area contributed by atoms with Crippen molar-refractivity contribution in [2.45, 2.75) is 26.8 Å². The largest absolute Gasteiger partial charge is 0.356 e. The third-order valence-corrected chi connectivity index (χ3v) is 2.67. The highest BCUT2D eigenvalue weighted by atomic mass is 16.6. The van der Waals surface area contributed by atoms with Gasteiger partial charge in [0.2, 0.25) is 0 Å². The summed E-state index contributed by atoms with van der Waals surface area (Å²) in [5, 5.41) is 17.0. The molecule has 6 nitrogen and oxygen atoms in total. The van der Waals surface area contributed by atoms with Crippen LogP contribution in [0.15, 0.2) is 41.4 Å². The number of benzene rings is 1. The van der Waals surface area contributed by atoms with Crippen molar-refractivity contribution in [2.75, 3.05) is 13.1 Å². The fraction of sp³-hybridized carbons (Fsp3) is 0.400. The molecule has 0 unspecified atom stereocenters. The second-order valence-electron chi connectivity index (χ2n) is 4.83. The molecule has 0 saturated carbocycles. The maximum Gasteiger partial charge on any atom is 0.269 e. The van der Waals surface area contributed by atoms with E-state index in [9.17, 15) is 10.1 Å². The summed E-state index contributed by atoms with van der Waals surface area (Å²) < 4.78 is 0. The molecule has 0 amide bonds. The fourth-order valence-corrected chi connectivity index (χ4v) is 1.55. The third-order valence-electron chi connectivity index (χ3n) is 2.67. The van der Waals surface area contributed by atoms with Crippen LogP contribution >= 0.6 is 0 Å². The van der Waals surface area contributed by atoms with E-state index in [4.69, 9.17) is 0 Å². The number of aliphatic imine (C=N–C) groups is 1. The Balaban J connectivity index is 2.66. The Bertz CT molecular complexity index is 509. The van der Waals surface area contributed by atoms with Gasteiger partial charge in [-0.3, -0.25) is 10.1 Å². The molecule has 114 valence electrons. The number of non-ortho nitro benzene ring substituents is 1. The molecule has 0 heterocycles. The molecule has 0 saturated heterocycles. The predicted molar refractivity (Wildman–Crippen MR) is 85.3 cm³/mol. The minimum atomic E-state index is -0.407. The van der Waals surface area contributed by atoms with Crippen molar-refractivity contribution < 1.29 is 4.92 Å². The number of hydrogen-bond donors (Lipinski definition) is 2. The van der Waals surface area contributed by atoms with Crippen molar-refractivity contribution >= 4 is 11.6 Å². The van der Waals surface area contributed by atoms with Crippen LogP contribution in [0.2, 0.25) is 0 Å². The maximum absolute atomic E-state index is 10.6. The third kappa shape index (κ3) is 6.56. The van der Waals surface area contributed by atoms with Gasteiger partial charge in [0.1, 0.15) is 0 Å². The van der Waals surface area contributed by atoms with Crippen molar-refractivity contribution in [1.29, 1.82) is 0 Å². The molecule has 0 atom stereocenters. The van der Waals surface area contributed by atoms with Crippen LogP contribution in [0.3, 0.4) is 0 Å². The van der Waals surface area contributed by atoms with E-state index in [0.717, 1.165) is 30.1 Å². The average molecular weight is 290 g/mol. The second kappa shape index (κ2) is 8.73. The van der Waals surface area contributed by atoms with E-state index in [2.05, 4.69) is 29.1 Å². The van der Waals surface area contributed by atoms with Crippen LogP contribution in [0, 0.1) is 10.1 Å². The highest BCUT2D eigenvalue weighted by molar-refractivity contribution is 5.80. The number of nitrogens with zero attached hydrogens (tertiary/aromatic N) is 2. The van der Waals surface area contributed by atoms with Crippen molar-refractivity contribution in [3.63, 3.8) is 0 Å². The number of nitrogens with one attached hydrogen (secondary N) is 2. The van der Waals surface area contributed by atoms with Gasteiger partial charge in [-0.1, -0.05) is 31.2 Å². The Morgan fingerprint density at radius 3 is 2.52 bits per heavy atom. The molecular weight excluding hydrogens is 268 g/mol. The van der Waals surface area contributed by atoms with E-state index in [1.807, 2.05) is 6.92 Å². The van der Waals surface area contributed by atoms with E-state index >= 15 is 0 Å². The summed E-state index contributed by atoms with van der Waals surface area (Å²) in [5.74, 6) is 0.721. The lowest BCUT2D eigenvalue weighted by atomic mass is 10.2. The van der Waals surface area contributed by atoms with Gasteiger partial charge in [-0.15, -0.1) is 0 Å². The van der Waals surface area contributed by atoms with Crippen LogP contribution in [-0.4, -0.2) is 24.0 Å².